The number of nitro benzene ring substituents is 1. The Balaban J connectivity index is 2.88. The highest BCUT2D eigenvalue weighted by Crippen LogP contribution is 2.18. The lowest BCUT2D eigenvalue weighted by Crippen LogP contribution is -1.94. The lowest BCUT2D eigenvalue weighted by atomic mass is 10.1. The fourth-order valence-electron chi connectivity index (χ4n) is 0.986. The summed E-state index contributed by atoms with van der Waals surface area (Å²) in [5.41, 5.74) is 0.454. The predicted molar refractivity (Wildman–Crippen MR) is 49.8 cm³/mol. The number of non-ortho nitro benzene ring substituents is 1. The van der Waals surface area contributed by atoms with Gasteiger partial charge in [-0.2, -0.15) is 0 Å². The molecule has 5 heteroatoms. The number of aliphatic hydroxyl groups excluding tert-OH is 2. The summed E-state index contributed by atoms with van der Waals surface area (Å²) in [6.07, 6.45) is 0.952. The third-order valence-electron chi connectivity index (χ3n) is 1.71. The third kappa shape index (κ3) is 2.30. The molecule has 0 saturated heterocycles. The Hall–Kier alpha value is -1.88. The molecule has 14 heavy (non-hydrogen) atoms. The molecule has 1 aromatic carbocycles. The van der Waals surface area contributed by atoms with Crippen LogP contribution in [0.15, 0.2) is 36.6 Å². The molecule has 0 aromatic heterocycles. The molecule has 0 fully saturated rings. The van der Waals surface area contributed by atoms with Gasteiger partial charge in [0.2, 0.25) is 0 Å². The van der Waals surface area contributed by atoms with Gasteiger partial charge in [0.1, 0.15) is 6.10 Å². The maximum Gasteiger partial charge on any atom is 0.269 e. The zero-order valence-corrected chi connectivity index (χ0v) is 7.20. The van der Waals surface area contributed by atoms with Gasteiger partial charge in [-0.25, -0.2) is 0 Å². The Labute approximate surface area is 80.1 Å². The summed E-state index contributed by atoms with van der Waals surface area (Å²) < 4.78 is 0. The number of benzene rings is 1. The lowest BCUT2D eigenvalue weighted by molar-refractivity contribution is -0.384. The molecule has 0 aliphatic rings. The van der Waals surface area contributed by atoms with Crippen LogP contribution >= 0.6 is 0 Å². The fourth-order valence-corrected chi connectivity index (χ4v) is 0.986. The SMILES string of the molecule is O=[N+]([O-])c1ccc(C(O)C=CO)cc1. The van der Waals surface area contributed by atoms with Gasteiger partial charge in [0.15, 0.2) is 0 Å². The molecule has 0 radical (unpaired) electrons. The average molecular weight is 195 g/mol. The predicted octanol–water partition coefficient (Wildman–Crippen LogP) is 1.70. The van der Waals surface area contributed by atoms with Crippen molar-refractivity contribution in [3.05, 3.63) is 52.3 Å². The molecule has 0 aliphatic heterocycles. The van der Waals surface area contributed by atoms with E-state index in [4.69, 9.17) is 5.11 Å². The summed E-state index contributed by atoms with van der Waals surface area (Å²) in [4.78, 5) is 9.78. The number of nitro groups is 1. The van der Waals surface area contributed by atoms with Crippen LogP contribution in [0.2, 0.25) is 0 Å². The van der Waals surface area contributed by atoms with E-state index in [0.29, 0.717) is 5.56 Å². The second-order valence-electron chi connectivity index (χ2n) is 2.64. The van der Waals surface area contributed by atoms with Crippen LogP contribution < -0.4 is 0 Å². The largest absolute Gasteiger partial charge is 0.516 e. The zero-order chi connectivity index (χ0) is 10.6. The van der Waals surface area contributed by atoms with Crippen LogP contribution in [-0.2, 0) is 0 Å². The van der Waals surface area contributed by atoms with Crippen LogP contribution in [0.3, 0.4) is 0 Å². The molecule has 2 N–H and O–H groups in total. The Morgan fingerprint density at radius 3 is 2.36 bits per heavy atom. The van der Waals surface area contributed by atoms with Crippen molar-refractivity contribution < 1.29 is 15.1 Å². The first kappa shape index (κ1) is 10.2. The van der Waals surface area contributed by atoms with Crippen molar-refractivity contribution in [2.75, 3.05) is 0 Å². The Morgan fingerprint density at radius 2 is 1.93 bits per heavy atom. The molecular weight excluding hydrogens is 186 g/mol. The lowest BCUT2D eigenvalue weighted by Gasteiger charge is -2.03. The van der Waals surface area contributed by atoms with E-state index in [0.717, 1.165) is 6.26 Å². The van der Waals surface area contributed by atoms with Crippen LogP contribution in [-0.4, -0.2) is 15.1 Å². The van der Waals surface area contributed by atoms with Crippen LogP contribution in [0.1, 0.15) is 11.7 Å². The molecule has 1 aromatic rings. The van der Waals surface area contributed by atoms with E-state index >= 15 is 0 Å². The van der Waals surface area contributed by atoms with E-state index in [1.807, 2.05) is 0 Å². The summed E-state index contributed by atoms with van der Waals surface area (Å²) in [6, 6.07) is 5.46. The minimum atomic E-state index is -0.944. The van der Waals surface area contributed by atoms with Crippen molar-refractivity contribution in [2.24, 2.45) is 0 Å². The summed E-state index contributed by atoms with van der Waals surface area (Å²) in [5, 5.41) is 28.0. The fraction of sp³-hybridized carbons (Fsp3) is 0.111. The van der Waals surface area contributed by atoms with Crippen molar-refractivity contribution in [3.63, 3.8) is 0 Å². The summed E-state index contributed by atoms with van der Waals surface area (Å²) in [6.45, 7) is 0. The molecule has 74 valence electrons. The van der Waals surface area contributed by atoms with Crippen LogP contribution in [0, 0.1) is 10.1 Å². The Kier molecular flexibility index (Phi) is 3.19. The monoisotopic (exact) mass is 195 g/mol. The van der Waals surface area contributed by atoms with Gasteiger partial charge in [-0.3, -0.25) is 10.1 Å². The van der Waals surface area contributed by atoms with Crippen molar-refractivity contribution in [3.8, 4) is 0 Å². The molecule has 0 heterocycles. The van der Waals surface area contributed by atoms with Crippen LogP contribution in [0.4, 0.5) is 5.69 Å². The summed E-state index contributed by atoms with van der Waals surface area (Å²) in [5.74, 6) is 0. The summed E-state index contributed by atoms with van der Waals surface area (Å²) in [7, 11) is 0. The first-order valence-electron chi connectivity index (χ1n) is 3.88. The van der Waals surface area contributed by atoms with E-state index in [1.165, 1.54) is 30.3 Å². The van der Waals surface area contributed by atoms with Gasteiger partial charge in [0.25, 0.3) is 5.69 Å². The van der Waals surface area contributed by atoms with Crippen LogP contribution in [0.25, 0.3) is 0 Å². The molecule has 1 unspecified atom stereocenters. The average Bonchev–Trinajstić information content (AvgIpc) is 2.18. The Morgan fingerprint density at radius 1 is 1.36 bits per heavy atom. The van der Waals surface area contributed by atoms with E-state index in [2.05, 4.69) is 0 Å². The van der Waals surface area contributed by atoms with Gasteiger partial charge in [0.05, 0.1) is 11.2 Å². The van der Waals surface area contributed by atoms with Crippen molar-refractivity contribution in [1.82, 2.24) is 0 Å². The number of aliphatic hydroxyl groups is 2. The first-order chi connectivity index (χ1) is 6.65. The zero-order valence-electron chi connectivity index (χ0n) is 7.20. The maximum absolute atomic E-state index is 10.3. The van der Waals surface area contributed by atoms with Gasteiger partial charge in [-0.05, 0) is 23.8 Å². The minimum Gasteiger partial charge on any atom is -0.516 e. The van der Waals surface area contributed by atoms with Crippen molar-refractivity contribution in [1.29, 1.82) is 0 Å². The van der Waals surface area contributed by atoms with Crippen molar-refractivity contribution in [2.45, 2.75) is 6.10 Å². The number of hydrogen-bond acceptors (Lipinski definition) is 4. The molecule has 5 nitrogen and oxygen atoms in total. The molecule has 0 aliphatic carbocycles. The van der Waals surface area contributed by atoms with E-state index in [-0.39, 0.29) is 5.69 Å². The maximum atomic E-state index is 10.3. The smallest absolute Gasteiger partial charge is 0.269 e. The second-order valence-corrected chi connectivity index (χ2v) is 2.64. The first-order valence-corrected chi connectivity index (χ1v) is 3.88. The van der Waals surface area contributed by atoms with Crippen LogP contribution in [0.5, 0.6) is 0 Å². The Bertz CT molecular complexity index is 344. The number of hydrogen-bond donors (Lipinski definition) is 2. The molecule has 0 spiro atoms. The van der Waals surface area contributed by atoms with E-state index in [1.54, 1.807) is 0 Å². The van der Waals surface area contributed by atoms with Gasteiger partial charge in [-0.1, -0.05) is 0 Å². The minimum absolute atomic E-state index is 0.0334. The third-order valence-corrected chi connectivity index (χ3v) is 1.71. The molecule has 0 bridgehead atoms. The molecule has 0 saturated carbocycles. The molecule has 1 rings (SSSR count). The quantitative estimate of drug-likeness (QED) is 0.436. The second kappa shape index (κ2) is 4.38. The van der Waals surface area contributed by atoms with Crippen molar-refractivity contribution >= 4 is 5.69 Å². The summed E-state index contributed by atoms with van der Waals surface area (Å²) >= 11 is 0. The number of rotatable bonds is 3. The highest BCUT2D eigenvalue weighted by Gasteiger charge is 2.07. The standard InChI is InChI=1S/C9H9NO4/c11-6-5-9(12)7-1-3-8(4-2-7)10(13)14/h1-6,9,11-12H. The van der Waals surface area contributed by atoms with E-state index < -0.39 is 11.0 Å². The molecular formula is C9H9NO4. The number of nitrogens with zero attached hydrogens (tertiary/aromatic N) is 1. The van der Waals surface area contributed by atoms with Gasteiger partial charge >= 0.3 is 0 Å². The highest BCUT2D eigenvalue weighted by molar-refractivity contribution is 5.34. The molecule has 1 atom stereocenters. The normalized spacial score (nSPS) is 12.9. The molecule has 0 amide bonds. The van der Waals surface area contributed by atoms with E-state index in [9.17, 15) is 15.2 Å². The topological polar surface area (TPSA) is 83.6 Å². The van der Waals surface area contributed by atoms with Gasteiger partial charge in [-0.15, -0.1) is 0 Å². The highest BCUT2D eigenvalue weighted by atomic mass is 16.6. The van der Waals surface area contributed by atoms with Gasteiger partial charge in [0, 0.05) is 12.1 Å². The van der Waals surface area contributed by atoms with Gasteiger partial charge < -0.3 is 10.2 Å².